The van der Waals surface area contributed by atoms with E-state index in [4.69, 9.17) is 21.1 Å². The Balaban J connectivity index is 1.64. The summed E-state index contributed by atoms with van der Waals surface area (Å²) >= 11 is 6.71. The van der Waals surface area contributed by atoms with Gasteiger partial charge in [0.05, 0.1) is 47.4 Å². The molecule has 48 heavy (non-hydrogen) atoms. The minimum absolute atomic E-state index is 0.119. The Hall–Kier alpha value is -3.66. The summed E-state index contributed by atoms with van der Waals surface area (Å²) in [5, 5.41) is 11.1. The summed E-state index contributed by atoms with van der Waals surface area (Å²) in [5.74, 6) is -2.02. The summed E-state index contributed by atoms with van der Waals surface area (Å²) in [4.78, 5) is 49.5. The van der Waals surface area contributed by atoms with Crippen molar-refractivity contribution in [3.63, 3.8) is 0 Å². The zero-order valence-electron chi connectivity index (χ0n) is 28.7. The Morgan fingerprint density at radius 2 is 1.77 bits per heavy atom. The number of aliphatic hydroxyl groups is 1. The molecule has 5 rings (SSSR count). The number of anilines is 2. The average Bonchev–Trinajstić information content (AvgIpc) is 3.62. The lowest BCUT2D eigenvalue weighted by molar-refractivity contribution is -0.148. The Labute approximate surface area is 289 Å². The van der Waals surface area contributed by atoms with Crippen LogP contribution < -0.4 is 14.5 Å². The first-order valence-corrected chi connectivity index (χ1v) is 17.2. The minimum atomic E-state index is -1.29. The number of aryl methyl sites for hydroxylation is 1. The van der Waals surface area contributed by atoms with E-state index in [1.165, 1.54) is 4.90 Å². The average molecular weight is 678 g/mol. The topological polar surface area (TPSA) is 99.6 Å². The van der Waals surface area contributed by atoms with Crippen LogP contribution in [0.1, 0.15) is 52.5 Å². The molecule has 258 valence electrons. The lowest BCUT2D eigenvalue weighted by Gasteiger charge is -2.40. The van der Waals surface area contributed by atoms with Crippen LogP contribution in [-0.4, -0.2) is 77.3 Å². The smallest absolute Gasteiger partial charge is 0.253 e. The van der Waals surface area contributed by atoms with E-state index in [-0.39, 0.29) is 43.3 Å². The number of aliphatic hydroxyl groups excluding tert-OH is 1. The van der Waals surface area contributed by atoms with Crippen molar-refractivity contribution < 1.29 is 29.0 Å². The van der Waals surface area contributed by atoms with Crippen LogP contribution in [0.2, 0.25) is 5.02 Å². The third-order valence-electron chi connectivity index (χ3n) is 10.1. The number of carbonyl (C=O) groups excluding carboxylic acids is 3. The summed E-state index contributed by atoms with van der Waals surface area (Å²) < 4.78 is 12.5. The zero-order chi connectivity index (χ0) is 35.0. The van der Waals surface area contributed by atoms with E-state index in [2.05, 4.69) is 13.2 Å². The van der Waals surface area contributed by atoms with Gasteiger partial charge in [-0.2, -0.15) is 0 Å². The van der Waals surface area contributed by atoms with E-state index in [1.54, 1.807) is 28.0 Å². The van der Waals surface area contributed by atoms with E-state index in [9.17, 15) is 14.7 Å². The predicted molar refractivity (Wildman–Crippen MR) is 188 cm³/mol. The highest BCUT2D eigenvalue weighted by atomic mass is 35.5. The fourth-order valence-electron chi connectivity index (χ4n) is 8.27. The zero-order valence-corrected chi connectivity index (χ0v) is 29.4. The van der Waals surface area contributed by atoms with Gasteiger partial charge in [0.25, 0.3) is 5.91 Å². The van der Waals surface area contributed by atoms with Gasteiger partial charge < -0.3 is 29.3 Å². The Morgan fingerprint density at radius 1 is 1.10 bits per heavy atom. The third-order valence-corrected chi connectivity index (χ3v) is 10.4. The van der Waals surface area contributed by atoms with Gasteiger partial charge >= 0.3 is 0 Å². The molecule has 0 saturated carbocycles. The van der Waals surface area contributed by atoms with Gasteiger partial charge in [-0.05, 0) is 81.8 Å². The summed E-state index contributed by atoms with van der Waals surface area (Å²) in [7, 11) is 0. The molecule has 2 aromatic carbocycles. The molecule has 3 saturated heterocycles. The molecule has 10 heteroatoms. The molecular weight excluding hydrogens is 630 g/mol. The SMILES string of the molecule is C=CCN(C(=O)[C@H]1[C@H]2C(=O)N([C@@H](CO)CC(C)C)C(C(=O)N(CC=C)c3c(C)cccc3Cl)C23CC[C@]1(C)O3)c1ccc(OCC)cc1. The van der Waals surface area contributed by atoms with Crippen molar-refractivity contribution in [3.05, 3.63) is 78.4 Å². The quantitative estimate of drug-likeness (QED) is 0.248. The number of nitrogens with zero attached hydrogens (tertiary/aromatic N) is 3. The van der Waals surface area contributed by atoms with Crippen molar-refractivity contribution in [1.29, 1.82) is 0 Å². The van der Waals surface area contributed by atoms with E-state index in [1.807, 2.05) is 71.0 Å². The molecule has 0 aliphatic carbocycles. The minimum Gasteiger partial charge on any atom is -0.494 e. The van der Waals surface area contributed by atoms with Crippen molar-refractivity contribution in [3.8, 4) is 5.75 Å². The fraction of sp³-hybridized carbons (Fsp3) is 0.500. The normalized spacial score (nSPS) is 26.4. The number of halogens is 1. The molecule has 1 spiro atoms. The summed E-state index contributed by atoms with van der Waals surface area (Å²) in [6.07, 6.45) is 4.63. The van der Waals surface area contributed by atoms with Crippen molar-refractivity contribution in [2.24, 2.45) is 17.8 Å². The number of ether oxygens (including phenoxy) is 2. The molecule has 0 aromatic heterocycles. The second kappa shape index (κ2) is 14.1. The van der Waals surface area contributed by atoms with Crippen molar-refractivity contribution in [1.82, 2.24) is 4.90 Å². The fourth-order valence-corrected chi connectivity index (χ4v) is 8.60. The molecule has 9 nitrogen and oxygen atoms in total. The highest BCUT2D eigenvalue weighted by Gasteiger charge is 2.79. The number of likely N-dealkylation sites (tertiary alicyclic amines) is 1. The van der Waals surface area contributed by atoms with Gasteiger partial charge in [-0.25, -0.2) is 0 Å². The van der Waals surface area contributed by atoms with Crippen LogP contribution in [-0.2, 0) is 19.1 Å². The van der Waals surface area contributed by atoms with E-state index in [0.29, 0.717) is 48.0 Å². The number of fused-ring (bicyclic) bond motifs is 1. The summed E-state index contributed by atoms with van der Waals surface area (Å²) in [6, 6.07) is 10.9. The van der Waals surface area contributed by atoms with Gasteiger partial charge in [0.2, 0.25) is 11.8 Å². The second-order valence-electron chi connectivity index (χ2n) is 13.7. The van der Waals surface area contributed by atoms with Crippen LogP contribution in [0.15, 0.2) is 67.8 Å². The molecule has 2 bridgehead atoms. The lowest BCUT2D eigenvalue weighted by atomic mass is 9.66. The molecule has 2 unspecified atom stereocenters. The molecule has 6 atom stereocenters. The number of para-hydroxylation sites is 1. The Kier molecular flexibility index (Phi) is 10.4. The molecule has 2 aromatic rings. The summed E-state index contributed by atoms with van der Waals surface area (Å²) in [5.41, 5.74) is -0.335. The highest BCUT2D eigenvalue weighted by molar-refractivity contribution is 6.34. The first kappa shape index (κ1) is 35.6. The number of rotatable bonds is 14. The van der Waals surface area contributed by atoms with Crippen LogP contribution in [0.4, 0.5) is 11.4 Å². The van der Waals surface area contributed by atoms with Gasteiger partial charge in [0, 0.05) is 18.8 Å². The van der Waals surface area contributed by atoms with Gasteiger partial charge in [-0.3, -0.25) is 14.4 Å². The number of amides is 3. The van der Waals surface area contributed by atoms with Crippen molar-refractivity contribution in [2.45, 2.75) is 77.2 Å². The number of benzene rings is 2. The molecule has 3 fully saturated rings. The van der Waals surface area contributed by atoms with E-state index < -0.39 is 35.1 Å². The van der Waals surface area contributed by atoms with Gasteiger partial charge in [0.1, 0.15) is 17.4 Å². The standard InChI is InChI=1S/C38H48ClN3O6/c1-8-20-40(26-14-16-28(17-15-26)47-10-3)34(44)30-31-35(45)42(27(23-43)22-24(4)5)33(38(31)19-18-37(30,7)48-38)36(46)41(21-9-2)32-25(6)12-11-13-29(32)39/h8-9,11-17,24,27,30-31,33,43H,1-2,10,18-23H2,3-7H3/t27-,30-,31+,33?,37+,38?/m1/s1. The highest BCUT2D eigenvalue weighted by Crippen LogP contribution is 2.64. The van der Waals surface area contributed by atoms with E-state index >= 15 is 4.79 Å². The van der Waals surface area contributed by atoms with Gasteiger partial charge in [-0.15, -0.1) is 13.2 Å². The molecule has 0 radical (unpaired) electrons. The molecule has 3 amide bonds. The third kappa shape index (κ3) is 5.94. The van der Waals surface area contributed by atoms with Crippen LogP contribution in [0.25, 0.3) is 0 Å². The molecule has 3 aliphatic heterocycles. The number of hydrogen-bond acceptors (Lipinski definition) is 6. The molecule has 1 N–H and O–H groups in total. The molecule has 3 aliphatic rings. The Morgan fingerprint density at radius 3 is 2.35 bits per heavy atom. The van der Waals surface area contributed by atoms with Crippen LogP contribution >= 0.6 is 11.6 Å². The predicted octanol–water partition coefficient (Wildman–Crippen LogP) is 5.96. The molecule has 3 heterocycles. The summed E-state index contributed by atoms with van der Waals surface area (Å²) in [6.45, 7) is 18.0. The van der Waals surface area contributed by atoms with Crippen molar-refractivity contribution >= 4 is 40.7 Å². The number of hydrogen-bond donors (Lipinski definition) is 1. The van der Waals surface area contributed by atoms with Gasteiger partial charge in [0.15, 0.2) is 0 Å². The Bertz CT molecular complexity index is 1540. The van der Waals surface area contributed by atoms with Crippen LogP contribution in [0.3, 0.4) is 0 Å². The first-order chi connectivity index (χ1) is 22.9. The van der Waals surface area contributed by atoms with E-state index in [0.717, 1.165) is 5.56 Å². The van der Waals surface area contributed by atoms with Gasteiger partial charge in [-0.1, -0.05) is 49.7 Å². The molecular formula is C38H48ClN3O6. The maximum absolute atomic E-state index is 15.1. The maximum Gasteiger partial charge on any atom is 0.253 e. The largest absolute Gasteiger partial charge is 0.494 e. The second-order valence-corrected chi connectivity index (χ2v) is 14.2. The van der Waals surface area contributed by atoms with Crippen LogP contribution in [0, 0.1) is 24.7 Å². The van der Waals surface area contributed by atoms with Crippen LogP contribution in [0.5, 0.6) is 5.75 Å². The number of carbonyl (C=O) groups is 3. The van der Waals surface area contributed by atoms with Crippen molar-refractivity contribution in [2.75, 3.05) is 36.1 Å². The first-order valence-electron chi connectivity index (χ1n) is 16.8. The monoisotopic (exact) mass is 677 g/mol. The lowest BCUT2D eigenvalue weighted by Crippen LogP contribution is -2.59. The maximum atomic E-state index is 15.1.